The summed E-state index contributed by atoms with van der Waals surface area (Å²) in [7, 11) is 0. The normalized spacial score (nSPS) is 19.8. The zero-order valence-electron chi connectivity index (χ0n) is 15.8. The Hall–Kier alpha value is -3.22. The van der Waals surface area contributed by atoms with Crippen LogP contribution in [0, 0.1) is 11.1 Å². The van der Waals surface area contributed by atoms with Gasteiger partial charge in [0.15, 0.2) is 11.9 Å². The Morgan fingerprint density at radius 1 is 1.32 bits per heavy atom. The average Bonchev–Trinajstić information content (AvgIpc) is 3.17. The number of aromatic nitrogens is 4. The van der Waals surface area contributed by atoms with Crippen molar-refractivity contribution in [1.29, 1.82) is 0 Å². The lowest BCUT2D eigenvalue weighted by Crippen LogP contribution is -2.41. The molecule has 0 unspecified atom stereocenters. The second-order valence-electron chi connectivity index (χ2n) is 8.15. The van der Waals surface area contributed by atoms with Crippen molar-refractivity contribution < 1.29 is 9.52 Å². The van der Waals surface area contributed by atoms with Crippen molar-refractivity contribution >= 4 is 5.91 Å². The Labute approximate surface area is 162 Å². The number of nitrogens with zero attached hydrogens (tertiary/aromatic N) is 4. The fourth-order valence-corrected chi connectivity index (χ4v) is 4.22. The van der Waals surface area contributed by atoms with Crippen LogP contribution in [0.15, 0.2) is 48.9 Å². The number of carbonyl (C=O) groups is 1. The van der Waals surface area contributed by atoms with Crippen LogP contribution in [0.4, 0.5) is 0 Å². The van der Waals surface area contributed by atoms with Gasteiger partial charge in [-0.15, -0.1) is 0 Å². The molecule has 142 valence electrons. The van der Waals surface area contributed by atoms with E-state index in [1.54, 1.807) is 4.68 Å². The zero-order valence-corrected chi connectivity index (χ0v) is 15.8. The summed E-state index contributed by atoms with van der Waals surface area (Å²) in [6.45, 7) is 3.96. The van der Waals surface area contributed by atoms with Gasteiger partial charge in [-0.1, -0.05) is 30.3 Å². The first-order valence-corrected chi connectivity index (χ1v) is 9.49. The first kappa shape index (κ1) is 16.9. The van der Waals surface area contributed by atoms with Crippen LogP contribution in [0.3, 0.4) is 0 Å². The number of hydrogen-bond acceptors (Lipinski definition) is 4. The predicted molar refractivity (Wildman–Crippen MR) is 102 cm³/mol. The van der Waals surface area contributed by atoms with Gasteiger partial charge in [-0.05, 0) is 38.2 Å². The summed E-state index contributed by atoms with van der Waals surface area (Å²) >= 11 is 0. The minimum atomic E-state index is -0.528. The van der Waals surface area contributed by atoms with Crippen LogP contribution in [0.5, 0.6) is 0 Å². The van der Waals surface area contributed by atoms with Crippen molar-refractivity contribution in [1.82, 2.24) is 20.1 Å². The van der Waals surface area contributed by atoms with E-state index in [0.29, 0.717) is 28.1 Å². The SMILES string of the molecule is CC(C)(NC(=O)c1nn(-c2c[n+]([O-])ccn2)c2c1C[C@H]1C[C@@H]21)c1ccccc1. The van der Waals surface area contributed by atoms with Gasteiger partial charge in [-0.3, -0.25) is 4.79 Å². The average molecular weight is 375 g/mol. The van der Waals surface area contributed by atoms with Gasteiger partial charge in [0.05, 0.1) is 17.4 Å². The molecule has 5 rings (SSSR count). The molecule has 28 heavy (non-hydrogen) atoms. The largest absolute Gasteiger partial charge is 0.619 e. The van der Waals surface area contributed by atoms with E-state index >= 15 is 0 Å². The van der Waals surface area contributed by atoms with Crippen molar-refractivity contribution in [3.05, 3.63) is 76.6 Å². The molecule has 3 aromatic rings. The second-order valence-corrected chi connectivity index (χ2v) is 8.15. The van der Waals surface area contributed by atoms with Crippen LogP contribution in [0.2, 0.25) is 0 Å². The topological polar surface area (TPSA) is 86.8 Å². The molecule has 1 fully saturated rings. The molecule has 2 aromatic heterocycles. The number of hydrogen-bond donors (Lipinski definition) is 1. The molecule has 2 heterocycles. The Morgan fingerprint density at radius 3 is 2.86 bits per heavy atom. The van der Waals surface area contributed by atoms with Gasteiger partial charge >= 0.3 is 0 Å². The quantitative estimate of drug-likeness (QED) is 0.560. The second kappa shape index (κ2) is 5.89. The third-order valence-electron chi connectivity index (χ3n) is 5.78. The standard InChI is InChI=1S/C21H21N5O2/c1-21(2,14-6-4-3-5-7-14)23-20(27)18-16-11-13-10-15(13)19(16)26(24-18)17-12-25(28)9-8-22-17/h3-9,12-13,15H,10-11H2,1-2H3,(H,23,27)/t13-,15-/m1/s1. The van der Waals surface area contributed by atoms with E-state index in [2.05, 4.69) is 15.4 Å². The molecule has 1 aromatic carbocycles. The lowest BCUT2D eigenvalue weighted by Gasteiger charge is -2.26. The highest BCUT2D eigenvalue weighted by atomic mass is 16.5. The van der Waals surface area contributed by atoms with Gasteiger partial charge in [0.25, 0.3) is 5.91 Å². The Bertz CT molecular complexity index is 1070. The molecule has 0 radical (unpaired) electrons. The fourth-order valence-electron chi connectivity index (χ4n) is 4.22. The number of nitrogens with one attached hydrogen (secondary N) is 1. The minimum Gasteiger partial charge on any atom is -0.619 e. The third kappa shape index (κ3) is 2.66. The molecule has 7 heteroatoms. The Balaban J connectivity index is 1.52. The summed E-state index contributed by atoms with van der Waals surface area (Å²) < 4.78 is 2.39. The molecule has 0 spiro atoms. The summed E-state index contributed by atoms with van der Waals surface area (Å²) in [6, 6.07) is 9.88. The summed E-state index contributed by atoms with van der Waals surface area (Å²) in [5, 5.41) is 19.4. The maximum Gasteiger partial charge on any atom is 0.272 e. The minimum absolute atomic E-state index is 0.198. The molecule has 0 aliphatic heterocycles. The smallest absolute Gasteiger partial charge is 0.272 e. The molecule has 1 amide bonds. The van der Waals surface area contributed by atoms with E-state index in [1.807, 2.05) is 44.2 Å². The molecule has 0 bridgehead atoms. The van der Waals surface area contributed by atoms with E-state index in [0.717, 1.165) is 29.7 Å². The maximum atomic E-state index is 13.2. The molecular formula is C21H21N5O2. The lowest BCUT2D eigenvalue weighted by atomic mass is 9.94. The number of benzene rings is 1. The molecular weight excluding hydrogens is 354 g/mol. The molecule has 2 atom stereocenters. The van der Waals surface area contributed by atoms with Crippen LogP contribution >= 0.6 is 0 Å². The number of amides is 1. The number of fused-ring (bicyclic) bond motifs is 3. The third-order valence-corrected chi connectivity index (χ3v) is 5.78. The van der Waals surface area contributed by atoms with Gasteiger partial charge in [0.2, 0.25) is 12.0 Å². The highest BCUT2D eigenvalue weighted by Crippen LogP contribution is 2.57. The lowest BCUT2D eigenvalue weighted by molar-refractivity contribution is -0.605. The first-order valence-electron chi connectivity index (χ1n) is 9.49. The zero-order chi connectivity index (χ0) is 19.5. The summed E-state index contributed by atoms with van der Waals surface area (Å²) in [5.41, 5.74) is 2.96. The summed E-state index contributed by atoms with van der Waals surface area (Å²) in [6.07, 6.45) is 6.15. The van der Waals surface area contributed by atoms with E-state index in [1.165, 1.54) is 18.6 Å². The van der Waals surface area contributed by atoms with Gasteiger partial charge in [-0.2, -0.15) is 9.83 Å². The van der Waals surface area contributed by atoms with Crippen molar-refractivity contribution in [2.75, 3.05) is 0 Å². The monoisotopic (exact) mass is 375 g/mol. The van der Waals surface area contributed by atoms with Crippen molar-refractivity contribution in [2.45, 2.75) is 38.1 Å². The van der Waals surface area contributed by atoms with Crippen molar-refractivity contribution in [2.24, 2.45) is 5.92 Å². The fraction of sp³-hybridized carbons (Fsp3) is 0.333. The first-order chi connectivity index (χ1) is 13.4. The molecule has 2 aliphatic rings. The van der Waals surface area contributed by atoms with Crippen LogP contribution in [-0.2, 0) is 12.0 Å². The van der Waals surface area contributed by atoms with E-state index in [-0.39, 0.29) is 5.91 Å². The highest BCUT2D eigenvalue weighted by Gasteiger charge is 2.50. The molecule has 1 saturated carbocycles. The molecule has 0 saturated heterocycles. The van der Waals surface area contributed by atoms with Gasteiger partial charge in [-0.25, -0.2) is 9.67 Å². The molecule has 2 aliphatic carbocycles. The van der Waals surface area contributed by atoms with Crippen LogP contribution in [-0.4, -0.2) is 20.7 Å². The molecule has 1 N–H and O–H groups in total. The van der Waals surface area contributed by atoms with Crippen LogP contribution in [0.1, 0.15) is 53.5 Å². The van der Waals surface area contributed by atoms with Crippen LogP contribution in [0.25, 0.3) is 5.82 Å². The highest BCUT2D eigenvalue weighted by molar-refractivity contribution is 5.95. The number of carbonyl (C=O) groups excluding carboxylic acids is 1. The van der Waals surface area contributed by atoms with Gasteiger partial charge in [0, 0.05) is 11.5 Å². The number of rotatable bonds is 4. The summed E-state index contributed by atoms with van der Waals surface area (Å²) in [5.74, 6) is 1.24. The predicted octanol–water partition coefficient (Wildman–Crippen LogP) is 2.23. The molecule has 7 nitrogen and oxygen atoms in total. The maximum absolute atomic E-state index is 13.2. The summed E-state index contributed by atoms with van der Waals surface area (Å²) in [4.78, 5) is 17.4. The van der Waals surface area contributed by atoms with E-state index in [9.17, 15) is 10.0 Å². The van der Waals surface area contributed by atoms with E-state index in [4.69, 9.17) is 0 Å². The van der Waals surface area contributed by atoms with Gasteiger partial charge < -0.3 is 10.5 Å². The van der Waals surface area contributed by atoms with Crippen LogP contribution < -0.4 is 10.0 Å². The Morgan fingerprint density at radius 2 is 2.11 bits per heavy atom. The van der Waals surface area contributed by atoms with E-state index < -0.39 is 5.54 Å². The van der Waals surface area contributed by atoms with Crippen molar-refractivity contribution in [3.8, 4) is 5.82 Å². The van der Waals surface area contributed by atoms with Gasteiger partial charge in [0.1, 0.15) is 0 Å². The van der Waals surface area contributed by atoms with Crippen molar-refractivity contribution in [3.63, 3.8) is 0 Å². The Kier molecular flexibility index (Phi) is 3.56.